The van der Waals surface area contributed by atoms with Crippen LogP contribution in [0.4, 0.5) is 5.69 Å². The number of aromatic hydroxyl groups is 1. The second-order valence-corrected chi connectivity index (χ2v) is 3.15. The first-order valence-electron chi connectivity index (χ1n) is 4.73. The summed E-state index contributed by atoms with van der Waals surface area (Å²) < 4.78 is 0. The van der Waals surface area contributed by atoms with Crippen molar-refractivity contribution in [2.75, 3.05) is 0 Å². The van der Waals surface area contributed by atoms with Gasteiger partial charge in [0.05, 0.1) is 5.69 Å². The number of hydrogen-bond donors (Lipinski definition) is 1. The van der Waals surface area contributed by atoms with Gasteiger partial charge in [-0.15, -0.1) is 0 Å². The second kappa shape index (κ2) is 6.09. The average Bonchev–Trinajstić information content (AvgIpc) is 2.29. The molecule has 0 bridgehead atoms. The minimum Gasteiger partial charge on any atom is -0.507 e. The maximum absolute atomic E-state index is 9.50. The van der Waals surface area contributed by atoms with Gasteiger partial charge in [0, 0.05) is 28.3 Å². The third-order valence-electron chi connectivity index (χ3n) is 2.05. The Labute approximate surface area is 105 Å². The van der Waals surface area contributed by atoms with Crippen LogP contribution in [0, 0.1) is 0 Å². The molecule has 2 aromatic rings. The third-order valence-corrected chi connectivity index (χ3v) is 2.05. The zero-order chi connectivity index (χ0) is 10.5. The first-order chi connectivity index (χ1) is 7.36. The van der Waals surface area contributed by atoms with E-state index in [1.807, 2.05) is 42.5 Å². The molecule has 0 spiro atoms. The van der Waals surface area contributed by atoms with Crippen LogP contribution in [0.15, 0.2) is 59.6 Å². The molecule has 2 nitrogen and oxygen atoms in total. The molecule has 0 aliphatic carbocycles. The zero-order valence-electron chi connectivity index (χ0n) is 8.48. The third kappa shape index (κ3) is 3.21. The molecule has 0 aliphatic rings. The van der Waals surface area contributed by atoms with Crippen molar-refractivity contribution in [1.82, 2.24) is 0 Å². The molecule has 0 heterocycles. The number of hydrogen-bond acceptors (Lipinski definition) is 2. The average molecular weight is 256 g/mol. The van der Waals surface area contributed by atoms with E-state index >= 15 is 0 Å². The molecule has 0 aromatic heterocycles. The summed E-state index contributed by atoms with van der Waals surface area (Å²) in [6, 6.07) is 16.7. The van der Waals surface area contributed by atoms with Crippen LogP contribution in [0.1, 0.15) is 5.56 Å². The van der Waals surface area contributed by atoms with Crippen LogP contribution >= 0.6 is 0 Å². The fraction of sp³-hybridized carbons (Fsp3) is 0. The molecule has 0 fully saturated rings. The maximum Gasteiger partial charge on any atom is 0.124 e. The molecular weight excluding hydrogens is 245 g/mol. The van der Waals surface area contributed by atoms with Crippen LogP contribution in [0.2, 0.25) is 0 Å². The van der Waals surface area contributed by atoms with Gasteiger partial charge in [0.15, 0.2) is 0 Å². The van der Waals surface area contributed by atoms with Crippen LogP contribution in [0.25, 0.3) is 0 Å². The van der Waals surface area contributed by atoms with E-state index in [9.17, 15) is 5.11 Å². The van der Waals surface area contributed by atoms with Crippen LogP contribution < -0.4 is 0 Å². The smallest absolute Gasteiger partial charge is 0.124 e. The number of rotatable bonds is 2. The maximum atomic E-state index is 9.50. The van der Waals surface area contributed by atoms with Crippen molar-refractivity contribution in [2.45, 2.75) is 0 Å². The molecule has 0 amide bonds. The SMILES string of the molecule is Oc1ccccc1C=Nc1ccccc1.[Ni]. The van der Waals surface area contributed by atoms with Crippen molar-refractivity contribution in [3.05, 3.63) is 60.2 Å². The van der Waals surface area contributed by atoms with Crippen molar-refractivity contribution < 1.29 is 21.6 Å². The van der Waals surface area contributed by atoms with Gasteiger partial charge in [-0.2, -0.15) is 0 Å². The first kappa shape index (κ1) is 12.5. The molecule has 0 unspecified atom stereocenters. The summed E-state index contributed by atoms with van der Waals surface area (Å²) in [6.45, 7) is 0. The summed E-state index contributed by atoms with van der Waals surface area (Å²) in [7, 11) is 0. The van der Waals surface area contributed by atoms with Crippen molar-refractivity contribution in [3.8, 4) is 5.75 Å². The van der Waals surface area contributed by atoms with E-state index in [2.05, 4.69) is 4.99 Å². The Kier molecular flexibility index (Phi) is 4.75. The molecule has 0 saturated carbocycles. The van der Waals surface area contributed by atoms with E-state index in [1.54, 1.807) is 18.3 Å². The molecule has 0 radical (unpaired) electrons. The van der Waals surface area contributed by atoms with E-state index < -0.39 is 0 Å². The van der Waals surface area contributed by atoms with E-state index in [4.69, 9.17) is 0 Å². The van der Waals surface area contributed by atoms with E-state index in [1.165, 1.54) is 0 Å². The Morgan fingerprint density at radius 2 is 1.50 bits per heavy atom. The van der Waals surface area contributed by atoms with Gasteiger partial charge in [-0.05, 0) is 24.3 Å². The van der Waals surface area contributed by atoms with E-state index in [0.717, 1.165) is 11.3 Å². The fourth-order valence-corrected chi connectivity index (χ4v) is 1.25. The van der Waals surface area contributed by atoms with Crippen LogP contribution in [0.3, 0.4) is 0 Å². The predicted molar refractivity (Wildman–Crippen MR) is 61.8 cm³/mol. The van der Waals surface area contributed by atoms with Gasteiger partial charge in [-0.3, -0.25) is 4.99 Å². The molecule has 3 heteroatoms. The Morgan fingerprint density at radius 1 is 0.875 bits per heavy atom. The number of para-hydroxylation sites is 2. The van der Waals surface area contributed by atoms with E-state index in [0.29, 0.717) is 0 Å². The standard InChI is InChI=1S/C13H11NO.Ni/c15-13-9-5-4-6-11(13)10-14-12-7-2-1-3-8-12;/h1-10,15H;. The molecule has 0 saturated heterocycles. The van der Waals surface area contributed by atoms with E-state index in [-0.39, 0.29) is 22.2 Å². The number of nitrogens with zero attached hydrogens (tertiary/aromatic N) is 1. The quantitative estimate of drug-likeness (QED) is 0.649. The Hall–Kier alpha value is -1.60. The summed E-state index contributed by atoms with van der Waals surface area (Å²) in [6.07, 6.45) is 1.66. The van der Waals surface area contributed by atoms with Gasteiger partial charge in [0.25, 0.3) is 0 Å². The molecule has 2 rings (SSSR count). The molecule has 0 atom stereocenters. The predicted octanol–water partition coefficient (Wildman–Crippen LogP) is 3.14. The van der Waals surface area contributed by atoms with Gasteiger partial charge in [0.2, 0.25) is 0 Å². The number of benzene rings is 2. The minimum atomic E-state index is 0. The Morgan fingerprint density at radius 3 is 2.19 bits per heavy atom. The Balaban J connectivity index is 0.00000128. The summed E-state index contributed by atoms with van der Waals surface area (Å²) in [5, 5.41) is 9.50. The number of phenolic OH excluding ortho intramolecular Hbond substituents is 1. The molecule has 16 heavy (non-hydrogen) atoms. The van der Waals surface area contributed by atoms with Crippen molar-refractivity contribution in [2.24, 2.45) is 4.99 Å². The second-order valence-electron chi connectivity index (χ2n) is 3.15. The fourth-order valence-electron chi connectivity index (χ4n) is 1.25. The molecule has 84 valence electrons. The molecular formula is C13H11NNiO. The van der Waals surface area contributed by atoms with Crippen LogP contribution in [-0.2, 0) is 16.5 Å². The van der Waals surface area contributed by atoms with Crippen LogP contribution in [-0.4, -0.2) is 11.3 Å². The zero-order valence-corrected chi connectivity index (χ0v) is 9.47. The Bertz CT molecular complexity index is 468. The number of phenols is 1. The minimum absolute atomic E-state index is 0. The van der Waals surface area contributed by atoms with Gasteiger partial charge < -0.3 is 5.11 Å². The van der Waals surface area contributed by atoms with Crippen LogP contribution in [0.5, 0.6) is 5.75 Å². The van der Waals surface area contributed by atoms with Gasteiger partial charge >= 0.3 is 0 Å². The van der Waals surface area contributed by atoms with Crippen molar-refractivity contribution >= 4 is 11.9 Å². The molecule has 1 N–H and O–H groups in total. The molecule has 0 aliphatic heterocycles. The summed E-state index contributed by atoms with van der Waals surface area (Å²) in [5.41, 5.74) is 1.60. The van der Waals surface area contributed by atoms with Gasteiger partial charge in [0.1, 0.15) is 5.75 Å². The summed E-state index contributed by atoms with van der Waals surface area (Å²) in [4.78, 5) is 4.25. The largest absolute Gasteiger partial charge is 0.507 e. The van der Waals surface area contributed by atoms with Crippen molar-refractivity contribution in [3.63, 3.8) is 0 Å². The van der Waals surface area contributed by atoms with Crippen molar-refractivity contribution in [1.29, 1.82) is 0 Å². The summed E-state index contributed by atoms with van der Waals surface area (Å²) >= 11 is 0. The first-order valence-corrected chi connectivity index (χ1v) is 4.73. The topological polar surface area (TPSA) is 32.6 Å². The monoisotopic (exact) mass is 255 g/mol. The number of aliphatic imine (C=N–C) groups is 1. The van der Waals surface area contributed by atoms with Gasteiger partial charge in [-0.1, -0.05) is 30.3 Å². The molecule has 2 aromatic carbocycles. The summed E-state index contributed by atoms with van der Waals surface area (Å²) in [5.74, 6) is 0.247. The van der Waals surface area contributed by atoms with Gasteiger partial charge in [-0.25, -0.2) is 0 Å². The normalized spacial score (nSPS) is 10.0.